The predicted octanol–water partition coefficient (Wildman–Crippen LogP) is 3.54. The zero-order valence-corrected chi connectivity index (χ0v) is 10.9. The van der Waals surface area contributed by atoms with Crippen LogP contribution in [0.1, 0.15) is 12.5 Å². The van der Waals surface area contributed by atoms with E-state index < -0.39 is 11.6 Å². The number of rotatable bonds is 4. The fraction of sp³-hybridized carbons (Fsp3) is 0.133. The molecule has 0 atom stereocenters. The molecule has 104 valence electrons. The molecule has 0 spiro atoms. The first-order chi connectivity index (χ1) is 9.56. The summed E-state index contributed by atoms with van der Waals surface area (Å²) in [5.41, 5.74) is 1.38. The fourth-order valence-corrected chi connectivity index (χ4v) is 1.77. The summed E-state index contributed by atoms with van der Waals surface area (Å²) < 4.78 is 26.9. The van der Waals surface area contributed by atoms with Gasteiger partial charge in [-0.15, -0.1) is 0 Å². The highest BCUT2D eigenvalue weighted by Gasteiger charge is 2.07. The molecule has 0 unspecified atom stereocenters. The summed E-state index contributed by atoms with van der Waals surface area (Å²) in [5, 5.41) is 5.57. The second kappa shape index (κ2) is 6.14. The predicted molar refractivity (Wildman–Crippen MR) is 74.4 cm³/mol. The normalized spacial score (nSPS) is 10.2. The molecule has 20 heavy (non-hydrogen) atoms. The number of hydrogen-bond donors (Lipinski definition) is 2. The second-order valence-electron chi connectivity index (χ2n) is 4.31. The van der Waals surface area contributed by atoms with Gasteiger partial charge in [-0.05, 0) is 36.4 Å². The van der Waals surface area contributed by atoms with E-state index >= 15 is 0 Å². The van der Waals surface area contributed by atoms with Crippen molar-refractivity contribution in [3.63, 3.8) is 0 Å². The number of carbonyl (C=O) groups excluding carboxylic acids is 1. The van der Waals surface area contributed by atoms with Crippen LogP contribution in [0, 0.1) is 11.6 Å². The van der Waals surface area contributed by atoms with Gasteiger partial charge >= 0.3 is 0 Å². The molecule has 0 saturated heterocycles. The third kappa shape index (κ3) is 3.54. The number of amides is 1. The van der Waals surface area contributed by atoms with E-state index in [9.17, 15) is 13.6 Å². The molecule has 0 aliphatic rings. The molecule has 2 N–H and O–H groups in total. The van der Waals surface area contributed by atoms with Gasteiger partial charge in [-0.3, -0.25) is 4.79 Å². The summed E-state index contributed by atoms with van der Waals surface area (Å²) in [6.07, 6.45) is 0. The van der Waals surface area contributed by atoms with Gasteiger partial charge in [0.25, 0.3) is 0 Å². The maximum Gasteiger partial charge on any atom is 0.221 e. The lowest BCUT2D eigenvalue weighted by Crippen LogP contribution is -2.06. The first-order valence-electron chi connectivity index (χ1n) is 6.10. The number of halogens is 2. The Morgan fingerprint density at radius 1 is 1.00 bits per heavy atom. The monoisotopic (exact) mass is 276 g/mol. The van der Waals surface area contributed by atoms with Gasteiger partial charge in [0.15, 0.2) is 0 Å². The molecule has 2 rings (SSSR count). The van der Waals surface area contributed by atoms with E-state index in [4.69, 9.17) is 0 Å². The number of nitrogens with one attached hydrogen (secondary N) is 2. The highest BCUT2D eigenvalue weighted by Crippen LogP contribution is 2.17. The summed E-state index contributed by atoms with van der Waals surface area (Å²) in [4.78, 5) is 10.9. The van der Waals surface area contributed by atoms with Gasteiger partial charge in [0.1, 0.15) is 11.6 Å². The maximum atomic E-state index is 13.4. The first-order valence-corrected chi connectivity index (χ1v) is 6.10. The molecule has 0 fully saturated rings. The van der Waals surface area contributed by atoms with Crippen molar-refractivity contribution in [3.05, 3.63) is 59.7 Å². The number of anilines is 2. The summed E-state index contributed by atoms with van der Waals surface area (Å²) >= 11 is 0. The summed E-state index contributed by atoms with van der Waals surface area (Å²) in [6.45, 7) is 1.48. The Hall–Kier alpha value is -2.43. The van der Waals surface area contributed by atoms with Crippen LogP contribution in [0.15, 0.2) is 42.5 Å². The molecule has 0 heterocycles. The van der Waals surface area contributed by atoms with Crippen molar-refractivity contribution in [2.75, 3.05) is 10.6 Å². The molecular formula is C15H14F2N2O. The Morgan fingerprint density at radius 3 is 2.10 bits per heavy atom. The average molecular weight is 276 g/mol. The van der Waals surface area contributed by atoms with Crippen molar-refractivity contribution in [2.24, 2.45) is 0 Å². The van der Waals surface area contributed by atoms with Crippen molar-refractivity contribution in [2.45, 2.75) is 13.5 Å². The lowest BCUT2D eigenvalue weighted by Gasteiger charge is -2.09. The van der Waals surface area contributed by atoms with Gasteiger partial charge in [-0.25, -0.2) is 8.78 Å². The highest BCUT2D eigenvalue weighted by molar-refractivity contribution is 5.88. The zero-order chi connectivity index (χ0) is 14.5. The number of benzene rings is 2. The van der Waals surface area contributed by atoms with Crippen LogP contribution in [0.2, 0.25) is 0 Å². The average Bonchev–Trinajstić information content (AvgIpc) is 2.39. The van der Waals surface area contributed by atoms with Gasteiger partial charge in [0.2, 0.25) is 5.91 Å². The van der Waals surface area contributed by atoms with Crippen molar-refractivity contribution >= 4 is 17.3 Å². The molecule has 0 radical (unpaired) electrons. The number of carbonyl (C=O) groups is 1. The van der Waals surface area contributed by atoms with Gasteiger partial charge in [0.05, 0.1) is 0 Å². The Kier molecular flexibility index (Phi) is 4.30. The molecule has 0 aliphatic carbocycles. The maximum absolute atomic E-state index is 13.4. The minimum atomic E-state index is -0.577. The molecule has 0 aliphatic heterocycles. The molecule has 2 aromatic rings. The SMILES string of the molecule is CC(=O)Nc1ccc(NCc2c(F)cccc2F)cc1. The molecule has 1 amide bonds. The van der Waals surface area contributed by atoms with Gasteiger partial charge < -0.3 is 10.6 Å². The van der Waals surface area contributed by atoms with Crippen molar-refractivity contribution in [1.82, 2.24) is 0 Å². The Bertz CT molecular complexity index is 592. The van der Waals surface area contributed by atoms with Crippen LogP contribution in [-0.2, 0) is 11.3 Å². The van der Waals surface area contributed by atoms with E-state index in [0.717, 1.165) is 0 Å². The van der Waals surface area contributed by atoms with Crippen LogP contribution in [0.25, 0.3) is 0 Å². The van der Waals surface area contributed by atoms with E-state index in [-0.39, 0.29) is 18.0 Å². The van der Waals surface area contributed by atoms with E-state index in [1.165, 1.54) is 25.1 Å². The van der Waals surface area contributed by atoms with Crippen LogP contribution in [0.5, 0.6) is 0 Å². The summed E-state index contributed by atoms with van der Waals surface area (Å²) in [6, 6.07) is 10.6. The molecular weight excluding hydrogens is 262 g/mol. The van der Waals surface area contributed by atoms with Crippen molar-refractivity contribution in [3.8, 4) is 0 Å². The molecule has 0 bridgehead atoms. The van der Waals surface area contributed by atoms with E-state index in [0.29, 0.717) is 11.4 Å². The van der Waals surface area contributed by atoms with Gasteiger partial charge in [-0.1, -0.05) is 6.07 Å². The fourth-order valence-electron chi connectivity index (χ4n) is 1.77. The van der Waals surface area contributed by atoms with Crippen LogP contribution < -0.4 is 10.6 Å². The van der Waals surface area contributed by atoms with Crippen molar-refractivity contribution < 1.29 is 13.6 Å². The largest absolute Gasteiger partial charge is 0.381 e. The standard InChI is InChI=1S/C15H14F2N2O/c1-10(20)19-12-7-5-11(6-8-12)18-9-13-14(16)3-2-4-15(13)17/h2-8,18H,9H2,1H3,(H,19,20). The lowest BCUT2D eigenvalue weighted by molar-refractivity contribution is -0.114. The molecule has 2 aromatic carbocycles. The molecule has 3 nitrogen and oxygen atoms in total. The molecule has 5 heteroatoms. The van der Waals surface area contributed by atoms with Crippen LogP contribution in [0.4, 0.5) is 20.2 Å². The third-order valence-corrected chi connectivity index (χ3v) is 2.74. The molecule has 0 aromatic heterocycles. The minimum Gasteiger partial charge on any atom is -0.381 e. The summed E-state index contributed by atoms with van der Waals surface area (Å²) in [7, 11) is 0. The Balaban J connectivity index is 2.02. The van der Waals surface area contributed by atoms with Crippen LogP contribution in [-0.4, -0.2) is 5.91 Å². The number of hydrogen-bond acceptors (Lipinski definition) is 2. The summed E-state index contributed by atoms with van der Waals surface area (Å²) in [5.74, 6) is -1.31. The second-order valence-corrected chi connectivity index (χ2v) is 4.31. The van der Waals surface area contributed by atoms with Crippen LogP contribution in [0.3, 0.4) is 0 Å². The third-order valence-electron chi connectivity index (χ3n) is 2.74. The van der Waals surface area contributed by atoms with Crippen LogP contribution >= 0.6 is 0 Å². The molecule has 0 saturated carbocycles. The minimum absolute atomic E-state index is 0.00145. The zero-order valence-electron chi connectivity index (χ0n) is 10.9. The Morgan fingerprint density at radius 2 is 1.55 bits per heavy atom. The van der Waals surface area contributed by atoms with E-state index in [2.05, 4.69) is 10.6 Å². The van der Waals surface area contributed by atoms with Crippen molar-refractivity contribution in [1.29, 1.82) is 0 Å². The van der Waals surface area contributed by atoms with E-state index in [1.807, 2.05) is 0 Å². The lowest BCUT2D eigenvalue weighted by atomic mass is 10.2. The van der Waals surface area contributed by atoms with Gasteiger partial charge in [-0.2, -0.15) is 0 Å². The Labute approximate surface area is 115 Å². The smallest absolute Gasteiger partial charge is 0.221 e. The highest BCUT2D eigenvalue weighted by atomic mass is 19.1. The quantitative estimate of drug-likeness (QED) is 0.896. The van der Waals surface area contributed by atoms with E-state index in [1.54, 1.807) is 24.3 Å². The van der Waals surface area contributed by atoms with Gasteiger partial charge in [0, 0.05) is 30.4 Å². The first kappa shape index (κ1) is 14.0. The topological polar surface area (TPSA) is 41.1 Å².